The number of aromatic amines is 1. The molecule has 0 aliphatic rings. The molecule has 3 N–H and O–H groups in total. The Hall–Kier alpha value is -1.97. The van der Waals surface area contributed by atoms with Crippen LogP contribution in [0.4, 0.5) is 4.79 Å². The second kappa shape index (κ2) is 6.46. The number of hydrogen-bond donors (Lipinski definition) is 3. The smallest absolute Gasteiger partial charge is 0.315 e. The first-order valence-corrected chi connectivity index (χ1v) is 7.17. The summed E-state index contributed by atoms with van der Waals surface area (Å²) in [4.78, 5) is 15.0. The molecular weight excluding hydrogens is 250 g/mol. The molecule has 0 aliphatic heterocycles. The number of urea groups is 1. The Bertz CT molecular complexity index is 574. The maximum Gasteiger partial charge on any atom is 0.315 e. The number of benzene rings is 1. The maximum atomic E-state index is 11.7. The van der Waals surface area contributed by atoms with Crippen LogP contribution in [0.15, 0.2) is 30.5 Å². The normalized spacial score (nSPS) is 12.6. The predicted octanol–water partition coefficient (Wildman–Crippen LogP) is 3.05. The Balaban J connectivity index is 1.83. The third-order valence-electron chi connectivity index (χ3n) is 3.71. The molecule has 4 nitrogen and oxygen atoms in total. The summed E-state index contributed by atoms with van der Waals surface area (Å²) in [6, 6.07) is 8.30. The molecule has 0 saturated heterocycles. The van der Waals surface area contributed by atoms with Gasteiger partial charge in [0.15, 0.2) is 0 Å². The number of fused-ring (bicyclic) bond motifs is 1. The zero-order chi connectivity index (χ0) is 14.5. The van der Waals surface area contributed by atoms with Crippen molar-refractivity contribution in [2.75, 3.05) is 6.54 Å². The van der Waals surface area contributed by atoms with Crippen molar-refractivity contribution in [3.05, 3.63) is 36.0 Å². The van der Waals surface area contributed by atoms with Crippen molar-refractivity contribution < 1.29 is 4.79 Å². The fourth-order valence-corrected chi connectivity index (χ4v) is 2.07. The number of nitrogens with one attached hydrogen (secondary N) is 3. The number of H-pyrrole nitrogens is 1. The van der Waals surface area contributed by atoms with Crippen LogP contribution in [-0.2, 0) is 6.42 Å². The van der Waals surface area contributed by atoms with Crippen LogP contribution in [0.5, 0.6) is 0 Å². The highest BCUT2D eigenvalue weighted by Crippen LogP contribution is 2.17. The number of carbonyl (C=O) groups is 1. The summed E-state index contributed by atoms with van der Waals surface area (Å²) >= 11 is 0. The highest BCUT2D eigenvalue weighted by molar-refractivity contribution is 5.83. The van der Waals surface area contributed by atoms with Gasteiger partial charge >= 0.3 is 6.03 Å². The van der Waals surface area contributed by atoms with Crippen LogP contribution in [0.1, 0.15) is 26.3 Å². The fourth-order valence-electron chi connectivity index (χ4n) is 2.07. The average Bonchev–Trinajstić information content (AvgIpc) is 2.82. The second-order valence-corrected chi connectivity index (χ2v) is 5.54. The monoisotopic (exact) mass is 273 g/mol. The maximum absolute atomic E-state index is 11.7. The molecule has 1 atom stereocenters. The van der Waals surface area contributed by atoms with Crippen molar-refractivity contribution in [3.8, 4) is 0 Å². The van der Waals surface area contributed by atoms with Gasteiger partial charge in [-0.2, -0.15) is 0 Å². The average molecular weight is 273 g/mol. The molecule has 1 heterocycles. The van der Waals surface area contributed by atoms with Gasteiger partial charge in [-0.1, -0.05) is 32.0 Å². The minimum Gasteiger partial charge on any atom is -0.361 e. The molecule has 20 heavy (non-hydrogen) atoms. The van der Waals surface area contributed by atoms with E-state index in [9.17, 15) is 4.79 Å². The van der Waals surface area contributed by atoms with Crippen molar-refractivity contribution in [3.63, 3.8) is 0 Å². The van der Waals surface area contributed by atoms with E-state index in [0.29, 0.717) is 12.5 Å². The summed E-state index contributed by atoms with van der Waals surface area (Å²) in [5.41, 5.74) is 2.37. The van der Waals surface area contributed by atoms with Crippen molar-refractivity contribution in [1.82, 2.24) is 15.6 Å². The highest BCUT2D eigenvalue weighted by Gasteiger charge is 2.10. The number of para-hydroxylation sites is 1. The van der Waals surface area contributed by atoms with Gasteiger partial charge in [0.1, 0.15) is 0 Å². The van der Waals surface area contributed by atoms with Crippen molar-refractivity contribution >= 4 is 16.9 Å². The SMILES string of the molecule is CC(C)C(C)NC(=O)NCCc1c[nH]c2ccccc12. The fraction of sp³-hybridized carbons (Fsp3) is 0.438. The van der Waals surface area contributed by atoms with Gasteiger partial charge < -0.3 is 15.6 Å². The van der Waals surface area contributed by atoms with Crippen LogP contribution < -0.4 is 10.6 Å². The minimum atomic E-state index is -0.0916. The van der Waals surface area contributed by atoms with E-state index >= 15 is 0 Å². The molecule has 0 spiro atoms. The first kappa shape index (κ1) is 14.4. The molecule has 108 valence electrons. The summed E-state index contributed by atoms with van der Waals surface area (Å²) in [6.07, 6.45) is 2.84. The number of aromatic nitrogens is 1. The molecule has 2 amide bonds. The molecule has 4 heteroatoms. The summed E-state index contributed by atoms with van der Waals surface area (Å²) in [6.45, 7) is 6.84. The largest absolute Gasteiger partial charge is 0.361 e. The first-order valence-electron chi connectivity index (χ1n) is 7.17. The number of rotatable bonds is 5. The predicted molar refractivity (Wildman–Crippen MR) is 82.8 cm³/mol. The zero-order valence-electron chi connectivity index (χ0n) is 12.4. The topological polar surface area (TPSA) is 56.9 Å². The van der Waals surface area contributed by atoms with Gasteiger partial charge in [-0.15, -0.1) is 0 Å². The first-order chi connectivity index (χ1) is 9.58. The molecule has 2 aromatic rings. The molecule has 0 radical (unpaired) electrons. The third kappa shape index (κ3) is 3.53. The van der Waals surface area contributed by atoms with E-state index in [1.54, 1.807) is 0 Å². The van der Waals surface area contributed by atoms with Gasteiger partial charge in [0.05, 0.1) is 0 Å². The minimum absolute atomic E-state index is 0.0916. The third-order valence-corrected chi connectivity index (χ3v) is 3.71. The molecular formula is C16H23N3O. The Labute approximate surface area is 120 Å². The van der Waals surface area contributed by atoms with Crippen LogP contribution >= 0.6 is 0 Å². The van der Waals surface area contributed by atoms with Crippen LogP contribution in [0.2, 0.25) is 0 Å². The lowest BCUT2D eigenvalue weighted by atomic mass is 10.1. The van der Waals surface area contributed by atoms with Crippen molar-refractivity contribution in [2.24, 2.45) is 5.92 Å². The Morgan fingerprint density at radius 1 is 1.25 bits per heavy atom. The quantitative estimate of drug-likeness (QED) is 0.770. The number of carbonyl (C=O) groups excluding carboxylic acids is 1. The van der Waals surface area contributed by atoms with E-state index in [2.05, 4.69) is 41.6 Å². The Kier molecular flexibility index (Phi) is 4.66. The standard InChI is InChI=1S/C16H23N3O/c1-11(2)12(3)19-16(20)17-9-8-13-10-18-15-7-5-4-6-14(13)15/h4-7,10-12,18H,8-9H2,1-3H3,(H2,17,19,20). The zero-order valence-corrected chi connectivity index (χ0v) is 12.4. The van der Waals surface area contributed by atoms with Crippen LogP contribution in [0, 0.1) is 5.92 Å². The van der Waals surface area contributed by atoms with Crippen LogP contribution in [0.25, 0.3) is 10.9 Å². The molecule has 2 rings (SSSR count). The number of hydrogen-bond acceptors (Lipinski definition) is 1. The van der Waals surface area contributed by atoms with Crippen LogP contribution in [0.3, 0.4) is 0 Å². The summed E-state index contributed by atoms with van der Waals surface area (Å²) in [5, 5.41) is 7.07. The van der Waals surface area contributed by atoms with Crippen molar-refractivity contribution in [2.45, 2.75) is 33.2 Å². The van der Waals surface area contributed by atoms with Gasteiger partial charge in [-0.3, -0.25) is 0 Å². The van der Waals surface area contributed by atoms with E-state index in [1.165, 1.54) is 10.9 Å². The Morgan fingerprint density at radius 3 is 2.75 bits per heavy atom. The molecule has 0 bridgehead atoms. The molecule has 0 aliphatic carbocycles. The number of amides is 2. The van der Waals surface area contributed by atoms with E-state index in [-0.39, 0.29) is 12.1 Å². The van der Waals surface area contributed by atoms with E-state index in [4.69, 9.17) is 0 Å². The summed E-state index contributed by atoms with van der Waals surface area (Å²) in [5.74, 6) is 0.439. The van der Waals surface area contributed by atoms with Gasteiger partial charge in [0.25, 0.3) is 0 Å². The van der Waals surface area contributed by atoms with Gasteiger partial charge in [0, 0.05) is 29.7 Å². The van der Waals surface area contributed by atoms with Gasteiger partial charge in [-0.05, 0) is 30.9 Å². The second-order valence-electron chi connectivity index (χ2n) is 5.54. The van der Waals surface area contributed by atoms with E-state index in [1.807, 2.05) is 25.3 Å². The lowest BCUT2D eigenvalue weighted by molar-refractivity contribution is 0.234. The van der Waals surface area contributed by atoms with Gasteiger partial charge in [0.2, 0.25) is 0 Å². The Morgan fingerprint density at radius 2 is 2.00 bits per heavy atom. The lowest BCUT2D eigenvalue weighted by Gasteiger charge is -2.17. The molecule has 0 fully saturated rings. The van der Waals surface area contributed by atoms with Gasteiger partial charge in [-0.25, -0.2) is 4.79 Å². The van der Waals surface area contributed by atoms with E-state index in [0.717, 1.165) is 11.9 Å². The molecule has 1 unspecified atom stereocenters. The van der Waals surface area contributed by atoms with Crippen molar-refractivity contribution in [1.29, 1.82) is 0 Å². The summed E-state index contributed by atoms with van der Waals surface area (Å²) < 4.78 is 0. The van der Waals surface area contributed by atoms with Crippen LogP contribution in [-0.4, -0.2) is 23.6 Å². The molecule has 1 aromatic heterocycles. The lowest BCUT2D eigenvalue weighted by Crippen LogP contribution is -2.43. The summed E-state index contributed by atoms with van der Waals surface area (Å²) in [7, 11) is 0. The molecule has 0 saturated carbocycles. The highest BCUT2D eigenvalue weighted by atomic mass is 16.2. The van der Waals surface area contributed by atoms with E-state index < -0.39 is 0 Å². The molecule has 1 aromatic carbocycles.